The maximum atomic E-state index is 2.57. The molecule has 0 N–H and O–H groups in total. The number of benzene rings is 5. The van der Waals surface area contributed by atoms with Gasteiger partial charge in [-0.05, 0) is 138 Å². The molecule has 0 radical (unpaired) electrons. The lowest BCUT2D eigenvalue weighted by atomic mass is 9.72. The molecule has 0 bridgehead atoms. The van der Waals surface area contributed by atoms with Crippen molar-refractivity contribution in [1.29, 1.82) is 0 Å². The lowest BCUT2D eigenvalue weighted by molar-refractivity contribution is 0.349. The fourth-order valence-electron chi connectivity index (χ4n) is 10.7. The van der Waals surface area contributed by atoms with Crippen molar-refractivity contribution >= 4 is 38.8 Å². The first kappa shape index (κ1) is 30.0. The maximum Gasteiger partial charge on any atom is 0.0541 e. The van der Waals surface area contributed by atoms with E-state index in [0.29, 0.717) is 17.8 Å². The summed E-state index contributed by atoms with van der Waals surface area (Å²) >= 11 is 0. The lowest BCUT2D eigenvalue weighted by Crippen LogP contribution is -2.25. The molecule has 3 aliphatic rings. The summed E-state index contributed by atoms with van der Waals surface area (Å²) in [5.41, 5.74) is 19.3. The Bertz CT molecular complexity index is 2570. The third-order valence-electron chi connectivity index (χ3n) is 13.0. The molecule has 7 aromatic rings. The molecule has 50 heavy (non-hydrogen) atoms. The Kier molecular flexibility index (Phi) is 5.95. The van der Waals surface area contributed by atoms with Crippen LogP contribution in [0.1, 0.15) is 96.7 Å². The molecule has 10 rings (SSSR count). The number of aromatic nitrogens is 2. The number of allylic oxidation sites excluding steroid dienone is 1. The van der Waals surface area contributed by atoms with Crippen LogP contribution < -0.4 is 0 Å². The van der Waals surface area contributed by atoms with E-state index in [-0.39, 0.29) is 10.8 Å². The summed E-state index contributed by atoms with van der Waals surface area (Å²) in [4.78, 5) is 0. The third-order valence-corrected chi connectivity index (χ3v) is 13.0. The van der Waals surface area contributed by atoms with Crippen LogP contribution in [0, 0.1) is 26.7 Å². The largest absolute Gasteiger partial charge is 0.310 e. The molecule has 2 heteroatoms. The van der Waals surface area contributed by atoms with Crippen LogP contribution in [0.2, 0.25) is 0 Å². The molecule has 0 saturated carbocycles. The molecule has 0 amide bonds. The van der Waals surface area contributed by atoms with E-state index in [4.69, 9.17) is 0 Å². The summed E-state index contributed by atoms with van der Waals surface area (Å²) in [6.07, 6.45) is 5.87. The summed E-state index contributed by atoms with van der Waals surface area (Å²) < 4.78 is 5.06. The predicted octanol–water partition coefficient (Wildman–Crippen LogP) is 12.3. The highest BCUT2D eigenvalue weighted by Gasteiger charge is 2.58. The Morgan fingerprint density at radius 2 is 1.00 bits per heavy atom. The van der Waals surface area contributed by atoms with Crippen molar-refractivity contribution in [2.45, 2.75) is 84.5 Å². The van der Waals surface area contributed by atoms with Gasteiger partial charge in [-0.1, -0.05) is 87.7 Å². The zero-order valence-corrected chi connectivity index (χ0v) is 30.6. The van der Waals surface area contributed by atoms with Crippen molar-refractivity contribution in [3.05, 3.63) is 147 Å². The van der Waals surface area contributed by atoms with Crippen LogP contribution in [0.4, 0.5) is 0 Å². The quantitative estimate of drug-likeness (QED) is 0.176. The van der Waals surface area contributed by atoms with E-state index < -0.39 is 0 Å². The van der Waals surface area contributed by atoms with Crippen LogP contribution in [0.25, 0.3) is 50.2 Å². The van der Waals surface area contributed by atoms with E-state index in [1.165, 1.54) is 94.3 Å². The van der Waals surface area contributed by atoms with Gasteiger partial charge in [-0.3, -0.25) is 0 Å². The topological polar surface area (TPSA) is 9.86 Å². The van der Waals surface area contributed by atoms with Crippen LogP contribution in [0.3, 0.4) is 0 Å². The molecule has 0 spiro atoms. The molecule has 5 aromatic carbocycles. The van der Waals surface area contributed by atoms with Crippen LogP contribution in [-0.2, 0) is 17.3 Å². The number of rotatable bonds is 2. The van der Waals surface area contributed by atoms with Gasteiger partial charge in [-0.25, -0.2) is 0 Å². The minimum atomic E-state index is -0.000643. The molecule has 2 heterocycles. The second-order valence-corrected chi connectivity index (χ2v) is 17.1. The van der Waals surface area contributed by atoms with Crippen molar-refractivity contribution < 1.29 is 0 Å². The Hall–Kier alpha value is -4.82. The summed E-state index contributed by atoms with van der Waals surface area (Å²) in [6.45, 7) is 19.0. The van der Waals surface area contributed by atoms with E-state index in [1.807, 2.05) is 0 Å². The molecular weight excluding hydrogens is 605 g/mol. The van der Waals surface area contributed by atoms with Crippen molar-refractivity contribution in [2.24, 2.45) is 5.92 Å². The highest BCUT2D eigenvalue weighted by atomic mass is 15.0. The smallest absolute Gasteiger partial charge is 0.0541 e. The molecule has 3 aliphatic carbocycles. The minimum Gasteiger partial charge on any atom is -0.310 e. The molecule has 248 valence electrons. The molecule has 2 nitrogen and oxygen atoms in total. The highest BCUT2D eigenvalue weighted by molar-refractivity contribution is 6.09. The van der Waals surface area contributed by atoms with Gasteiger partial charge in [0.25, 0.3) is 0 Å². The Labute approximate surface area is 296 Å². The number of hydrogen-bond donors (Lipinski definition) is 0. The van der Waals surface area contributed by atoms with Crippen molar-refractivity contribution in [1.82, 2.24) is 9.13 Å². The number of hydrogen-bond acceptors (Lipinski definition) is 0. The van der Waals surface area contributed by atoms with E-state index >= 15 is 0 Å². The zero-order chi connectivity index (χ0) is 34.4. The molecule has 3 unspecified atom stereocenters. The maximum absolute atomic E-state index is 2.57. The van der Waals surface area contributed by atoms with Crippen molar-refractivity contribution in [2.75, 3.05) is 0 Å². The zero-order valence-electron chi connectivity index (χ0n) is 30.6. The number of aryl methyl sites for hydroxylation is 3. The molecular formula is C48H46N2. The normalized spacial score (nSPS) is 21.2. The first-order valence-electron chi connectivity index (χ1n) is 18.6. The van der Waals surface area contributed by atoms with Crippen LogP contribution in [-0.4, -0.2) is 9.13 Å². The van der Waals surface area contributed by atoms with Crippen molar-refractivity contribution in [3.63, 3.8) is 0 Å². The predicted molar refractivity (Wildman–Crippen MR) is 212 cm³/mol. The average molecular weight is 651 g/mol. The van der Waals surface area contributed by atoms with Gasteiger partial charge < -0.3 is 9.13 Å². The Morgan fingerprint density at radius 3 is 1.52 bits per heavy atom. The van der Waals surface area contributed by atoms with Gasteiger partial charge >= 0.3 is 0 Å². The van der Waals surface area contributed by atoms with Crippen LogP contribution in [0.5, 0.6) is 0 Å². The molecule has 0 aliphatic heterocycles. The monoisotopic (exact) mass is 650 g/mol. The van der Waals surface area contributed by atoms with Crippen LogP contribution >= 0.6 is 0 Å². The van der Waals surface area contributed by atoms with Gasteiger partial charge in [0.15, 0.2) is 0 Å². The molecule has 2 aromatic heterocycles. The molecule has 0 fully saturated rings. The summed E-state index contributed by atoms with van der Waals surface area (Å²) in [5.74, 6) is 1.35. The Balaban J connectivity index is 1.16. The van der Waals surface area contributed by atoms with E-state index in [9.17, 15) is 0 Å². The fraction of sp³-hybridized carbons (Fsp3) is 0.292. The lowest BCUT2D eigenvalue weighted by Gasteiger charge is -2.31. The van der Waals surface area contributed by atoms with E-state index in [1.54, 1.807) is 0 Å². The SMILES string of the molecule is Cc1ccc2c(c1)c1c(n2-c2ccc3c(c2)C2C(c4cc(-n5c6ccc(C)cc6c6cc(C)ccc65)ccc4C2(C)C)C3(C)C)C=CC(C)C1. The standard InChI is InChI=1S/C48H46N2/c1-27-9-17-41-33(21-27)34-22-28(2)10-18-42(34)49(41)31-13-15-39-37(25-31)45-46(47(39,5)6)38-26-32(14-16-40(38)48(45,7)8)50-43-19-11-29(3)23-35(43)36-24-30(4)12-20-44(36)50/h9-23,25-26,30,45-46H,24H2,1-8H3. The second kappa shape index (κ2) is 9.91. The number of nitrogens with zero attached hydrogens (tertiary/aromatic N) is 2. The van der Waals surface area contributed by atoms with Gasteiger partial charge in [0.05, 0.1) is 16.6 Å². The van der Waals surface area contributed by atoms with Gasteiger partial charge in [-0.15, -0.1) is 0 Å². The van der Waals surface area contributed by atoms with E-state index in [2.05, 4.69) is 168 Å². The first-order valence-corrected chi connectivity index (χ1v) is 18.6. The van der Waals surface area contributed by atoms with Gasteiger partial charge in [-0.2, -0.15) is 0 Å². The number of fused-ring (bicyclic) bond motifs is 11. The first-order chi connectivity index (χ1) is 23.9. The van der Waals surface area contributed by atoms with Gasteiger partial charge in [0.1, 0.15) is 0 Å². The average Bonchev–Trinajstić information content (AvgIpc) is 3.73. The summed E-state index contributed by atoms with van der Waals surface area (Å²) in [7, 11) is 0. The Morgan fingerprint density at radius 1 is 0.540 bits per heavy atom. The van der Waals surface area contributed by atoms with Crippen LogP contribution in [0.15, 0.2) is 97.1 Å². The second-order valence-electron chi connectivity index (χ2n) is 17.1. The van der Waals surface area contributed by atoms with E-state index in [0.717, 1.165) is 6.42 Å². The van der Waals surface area contributed by atoms with Crippen molar-refractivity contribution in [3.8, 4) is 11.4 Å². The fourth-order valence-corrected chi connectivity index (χ4v) is 10.7. The molecule has 3 atom stereocenters. The van der Waals surface area contributed by atoms with Gasteiger partial charge in [0, 0.05) is 45.1 Å². The summed E-state index contributed by atoms with van der Waals surface area (Å²) in [6, 6.07) is 35.7. The summed E-state index contributed by atoms with van der Waals surface area (Å²) in [5, 5.41) is 4.08. The van der Waals surface area contributed by atoms with Gasteiger partial charge in [0.2, 0.25) is 0 Å². The molecule has 0 saturated heterocycles. The minimum absolute atomic E-state index is 0.000643. The highest BCUT2D eigenvalue weighted by Crippen LogP contribution is 2.67. The third kappa shape index (κ3) is 3.85.